The fraction of sp³-hybridized carbons (Fsp3) is 0.727. The second-order valence-corrected chi connectivity index (χ2v) is 4.49. The Balaban J connectivity index is 2.00. The summed E-state index contributed by atoms with van der Waals surface area (Å²) in [6.45, 7) is 1.25. The standard InChI is InChI=1S/C11H16N2O4/c1-17-11(16)7-3-2-4-13(6-7)8-5-9(14)12-10(8)15/h7-8H,2-6H2,1H3,(H,12,14,15). The SMILES string of the molecule is COC(=O)C1CCCN(C2CC(=O)NC2=O)C1. The second-order valence-electron chi connectivity index (χ2n) is 4.49. The lowest BCUT2D eigenvalue weighted by atomic mass is 9.96. The van der Waals surface area contributed by atoms with Crippen LogP contribution < -0.4 is 5.32 Å². The van der Waals surface area contributed by atoms with Crippen LogP contribution >= 0.6 is 0 Å². The summed E-state index contributed by atoms with van der Waals surface area (Å²) in [7, 11) is 1.37. The smallest absolute Gasteiger partial charge is 0.309 e. The number of hydrogen-bond donors (Lipinski definition) is 1. The molecule has 2 saturated heterocycles. The molecule has 0 spiro atoms. The summed E-state index contributed by atoms with van der Waals surface area (Å²) >= 11 is 0. The molecule has 17 heavy (non-hydrogen) atoms. The van der Waals surface area contributed by atoms with Gasteiger partial charge in [-0.2, -0.15) is 0 Å². The number of rotatable bonds is 2. The normalized spacial score (nSPS) is 30.2. The molecule has 0 aromatic carbocycles. The molecule has 0 radical (unpaired) electrons. The number of carbonyl (C=O) groups is 3. The van der Waals surface area contributed by atoms with E-state index in [9.17, 15) is 14.4 Å². The minimum atomic E-state index is -0.407. The lowest BCUT2D eigenvalue weighted by molar-refractivity contribution is -0.148. The monoisotopic (exact) mass is 240 g/mol. The molecule has 0 aromatic rings. The average molecular weight is 240 g/mol. The first-order valence-corrected chi connectivity index (χ1v) is 5.77. The molecule has 0 saturated carbocycles. The van der Waals surface area contributed by atoms with Gasteiger partial charge in [0.15, 0.2) is 0 Å². The van der Waals surface area contributed by atoms with Crippen molar-refractivity contribution in [2.45, 2.75) is 25.3 Å². The number of carbonyl (C=O) groups excluding carboxylic acids is 3. The van der Waals surface area contributed by atoms with Crippen molar-refractivity contribution in [2.24, 2.45) is 5.92 Å². The zero-order chi connectivity index (χ0) is 12.4. The first-order valence-electron chi connectivity index (χ1n) is 5.77. The molecule has 2 aliphatic heterocycles. The average Bonchev–Trinajstić information content (AvgIpc) is 2.67. The van der Waals surface area contributed by atoms with Crippen LogP contribution in [0.15, 0.2) is 0 Å². The topological polar surface area (TPSA) is 75.7 Å². The summed E-state index contributed by atoms with van der Waals surface area (Å²) in [6.07, 6.45) is 1.83. The van der Waals surface area contributed by atoms with Crippen LogP contribution in [0.3, 0.4) is 0 Å². The van der Waals surface area contributed by atoms with E-state index in [0.717, 1.165) is 19.4 Å². The van der Waals surface area contributed by atoms with Crippen LogP contribution in [0.2, 0.25) is 0 Å². The van der Waals surface area contributed by atoms with E-state index in [1.807, 2.05) is 4.90 Å². The van der Waals surface area contributed by atoms with E-state index in [1.54, 1.807) is 0 Å². The molecule has 0 bridgehead atoms. The Morgan fingerprint density at radius 3 is 2.82 bits per heavy atom. The lowest BCUT2D eigenvalue weighted by Crippen LogP contribution is -2.47. The molecule has 2 rings (SSSR count). The van der Waals surface area contributed by atoms with E-state index in [1.165, 1.54) is 7.11 Å². The molecule has 0 aliphatic carbocycles. The molecule has 2 aliphatic rings. The number of ether oxygens (including phenoxy) is 1. The molecular weight excluding hydrogens is 224 g/mol. The third-order valence-electron chi connectivity index (χ3n) is 3.37. The molecule has 2 fully saturated rings. The van der Waals surface area contributed by atoms with Gasteiger partial charge in [0, 0.05) is 6.54 Å². The van der Waals surface area contributed by atoms with Gasteiger partial charge in [0.25, 0.3) is 0 Å². The van der Waals surface area contributed by atoms with Gasteiger partial charge in [-0.15, -0.1) is 0 Å². The summed E-state index contributed by atoms with van der Waals surface area (Å²) in [5.41, 5.74) is 0. The third kappa shape index (κ3) is 2.46. The van der Waals surface area contributed by atoms with Gasteiger partial charge in [-0.3, -0.25) is 24.6 Å². The first kappa shape index (κ1) is 12.0. The van der Waals surface area contributed by atoms with Crippen molar-refractivity contribution in [3.05, 3.63) is 0 Å². The van der Waals surface area contributed by atoms with Gasteiger partial charge in [-0.25, -0.2) is 0 Å². The van der Waals surface area contributed by atoms with E-state index in [2.05, 4.69) is 5.32 Å². The molecule has 94 valence electrons. The zero-order valence-electron chi connectivity index (χ0n) is 9.77. The van der Waals surface area contributed by atoms with Gasteiger partial charge in [0.2, 0.25) is 11.8 Å². The molecule has 6 heteroatoms. The highest BCUT2D eigenvalue weighted by molar-refractivity contribution is 6.05. The lowest BCUT2D eigenvalue weighted by Gasteiger charge is -2.33. The summed E-state index contributed by atoms with van der Waals surface area (Å²) < 4.78 is 4.72. The minimum absolute atomic E-state index is 0.183. The Kier molecular flexibility index (Phi) is 3.42. The fourth-order valence-corrected chi connectivity index (χ4v) is 2.48. The highest BCUT2D eigenvalue weighted by atomic mass is 16.5. The summed E-state index contributed by atoms with van der Waals surface area (Å²) in [4.78, 5) is 36.0. The number of amides is 2. The molecule has 2 heterocycles. The molecule has 1 N–H and O–H groups in total. The van der Waals surface area contributed by atoms with Gasteiger partial charge < -0.3 is 4.74 Å². The highest BCUT2D eigenvalue weighted by Gasteiger charge is 2.38. The van der Waals surface area contributed by atoms with Crippen molar-refractivity contribution in [1.82, 2.24) is 10.2 Å². The number of imide groups is 1. The van der Waals surface area contributed by atoms with Crippen molar-refractivity contribution >= 4 is 17.8 Å². The quantitative estimate of drug-likeness (QED) is 0.509. The molecular formula is C11H16N2O4. The van der Waals surface area contributed by atoms with Crippen molar-refractivity contribution in [3.8, 4) is 0 Å². The summed E-state index contributed by atoms with van der Waals surface area (Å²) in [5, 5.41) is 2.29. The number of nitrogens with zero attached hydrogens (tertiary/aromatic N) is 1. The van der Waals surface area contributed by atoms with Crippen LogP contribution in [-0.2, 0) is 19.1 Å². The first-order chi connectivity index (χ1) is 8.11. The molecule has 2 unspecified atom stereocenters. The highest BCUT2D eigenvalue weighted by Crippen LogP contribution is 2.22. The van der Waals surface area contributed by atoms with Gasteiger partial charge in [-0.05, 0) is 19.4 Å². The molecule has 6 nitrogen and oxygen atoms in total. The minimum Gasteiger partial charge on any atom is -0.469 e. The second kappa shape index (κ2) is 4.83. The van der Waals surface area contributed by atoms with Crippen molar-refractivity contribution in [3.63, 3.8) is 0 Å². The predicted octanol–water partition coefficient (Wildman–Crippen LogP) is -0.713. The Morgan fingerprint density at radius 2 is 2.24 bits per heavy atom. The molecule has 2 amide bonds. The van der Waals surface area contributed by atoms with Crippen LogP contribution in [0.5, 0.6) is 0 Å². The number of piperidine rings is 1. The maximum atomic E-state index is 11.5. The summed E-state index contributed by atoms with van der Waals surface area (Å²) in [6, 6.07) is -0.407. The molecule has 0 aromatic heterocycles. The van der Waals surface area contributed by atoms with E-state index < -0.39 is 6.04 Å². The van der Waals surface area contributed by atoms with E-state index >= 15 is 0 Å². The molecule has 2 atom stereocenters. The largest absolute Gasteiger partial charge is 0.469 e. The van der Waals surface area contributed by atoms with Crippen LogP contribution in [0.1, 0.15) is 19.3 Å². The maximum absolute atomic E-state index is 11.5. The van der Waals surface area contributed by atoms with E-state index in [4.69, 9.17) is 4.74 Å². The van der Waals surface area contributed by atoms with Crippen molar-refractivity contribution < 1.29 is 19.1 Å². The Hall–Kier alpha value is -1.43. The van der Waals surface area contributed by atoms with Crippen LogP contribution in [-0.4, -0.2) is 48.9 Å². The van der Waals surface area contributed by atoms with E-state index in [0.29, 0.717) is 6.54 Å². The number of likely N-dealkylation sites (tertiary alicyclic amines) is 1. The van der Waals surface area contributed by atoms with Crippen LogP contribution in [0, 0.1) is 5.92 Å². The van der Waals surface area contributed by atoms with Crippen LogP contribution in [0.25, 0.3) is 0 Å². The fourth-order valence-electron chi connectivity index (χ4n) is 2.48. The number of nitrogens with one attached hydrogen (secondary N) is 1. The van der Waals surface area contributed by atoms with Gasteiger partial charge in [0.1, 0.15) is 0 Å². The van der Waals surface area contributed by atoms with Gasteiger partial charge >= 0.3 is 5.97 Å². The van der Waals surface area contributed by atoms with E-state index in [-0.39, 0.29) is 30.1 Å². The number of methoxy groups -OCH3 is 1. The number of esters is 1. The van der Waals surface area contributed by atoms with Gasteiger partial charge in [0.05, 0.1) is 25.5 Å². The third-order valence-corrected chi connectivity index (χ3v) is 3.37. The van der Waals surface area contributed by atoms with Crippen molar-refractivity contribution in [2.75, 3.05) is 20.2 Å². The van der Waals surface area contributed by atoms with Gasteiger partial charge in [-0.1, -0.05) is 0 Å². The Morgan fingerprint density at radius 1 is 1.47 bits per heavy atom. The van der Waals surface area contributed by atoms with Crippen molar-refractivity contribution in [1.29, 1.82) is 0 Å². The maximum Gasteiger partial charge on any atom is 0.309 e. The predicted molar refractivity (Wildman–Crippen MR) is 57.9 cm³/mol. The Bertz CT molecular complexity index is 355. The Labute approximate surface area is 99.3 Å². The number of hydrogen-bond acceptors (Lipinski definition) is 5. The zero-order valence-corrected chi connectivity index (χ0v) is 9.77. The summed E-state index contributed by atoms with van der Waals surface area (Å²) in [5.74, 6) is -0.905. The van der Waals surface area contributed by atoms with Crippen LogP contribution in [0.4, 0.5) is 0 Å².